The van der Waals surface area contributed by atoms with Gasteiger partial charge in [0.05, 0.1) is 13.2 Å². The SMILES string of the molecule is COc1ccc(C(C)N2CCC(CCCO)OC2=O)cc1. The number of aliphatic hydroxyl groups excluding tert-OH is 1. The van der Waals surface area contributed by atoms with Crippen LogP contribution >= 0.6 is 0 Å². The highest BCUT2D eigenvalue weighted by Gasteiger charge is 2.30. The first-order valence-electron chi connectivity index (χ1n) is 7.37. The summed E-state index contributed by atoms with van der Waals surface area (Å²) in [5.74, 6) is 0.802. The summed E-state index contributed by atoms with van der Waals surface area (Å²) in [7, 11) is 1.63. The number of methoxy groups -OCH3 is 1. The summed E-state index contributed by atoms with van der Waals surface area (Å²) in [6.07, 6.45) is 1.88. The molecule has 1 aromatic rings. The Morgan fingerprint density at radius 2 is 2.14 bits per heavy atom. The Morgan fingerprint density at radius 1 is 1.43 bits per heavy atom. The van der Waals surface area contributed by atoms with Crippen LogP contribution in [0.5, 0.6) is 5.75 Å². The van der Waals surface area contributed by atoms with Crippen molar-refractivity contribution in [1.29, 1.82) is 0 Å². The second kappa shape index (κ2) is 7.31. The lowest BCUT2D eigenvalue weighted by molar-refractivity contribution is 0.00760. The van der Waals surface area contributed by atoms with Crippen LogP contribution in [0.15, 0.2) is 24.3 Å². The van der Waals surface area contributed by atoms with Gasteiger partial charge >= 0.3 is 6.09 Å². The second-order valence-corrected chi connectivity index (χ2v) is 5.30. The van der Waals surface area contributed by atoms with E-state index in [1.54, 1.807) is 12.0 Å². The van der Waals surface area contributed by atoms with Crippen LogP contribution in [0.25, 0.3) is 0 Å². The van der Waals surface area contributed by atoms with Crippen molar-refractivity contribution >= 4 is 6.09 Å². The normalized spacial score (nSPS) is 20.0. The number of carbonyl (C=O) groups is 1. The van der Waals surface area contributed by atoms with Crippen molar-refractivity contribution in [3.05, 3.63) is 29.8 Å². The van der Waals surface area contributed by atoms with Crippen LogP contribution in [-0.2, 0) is 4.74 Å². The molecule has 1 aliphatic rings. The molecule has 1 aliphatic heterocycles. The van der Waals surface area contributed by atoms with E-state index >= 15 is 0 Å². The number of hydrogen-bond donors (Lipinski definition) is 1. The van der Waals surface area contributed by atoms with Crippen molar-refractivity contribution in [3.63, 3.8) is 0 Å². The Kier molecular flexibility index (Phi) is 5.44. The zero-order chi connectivity index (χ0) is 15.2. The first kappa shape index (κ1) is 15.6. The number of nitrogens with zero attached hydrogens (tertiary/aromatic N) is 1. The lowest BCUT2D eigenvalue weighted by Gasteiger charge is -2.35. The van der Waals surface area contributed by atoms with E-state index in [0.717, 1.165) is 24.2 Å². The Hall–Kier alpha value is -1.75. The lowest BCUT2D eigenvalue weighted by atomic mass is 10.0. The fourth-order valence-corrected chi connectivity index (χ4v) is 2.58. The van der Waals surface area contributed by atoms with Gasteiger partial charge in [-0.1, -0.05) is 12.1 Å². The van der Waals surface area contributed by atoms with Gasteiger partial charge in [0.25, 0.3) is 0 Å². The molecule has 1 N–H and O–H groups in total. The van der Waals surface area contributed by atoms with Crippen molar-refractivity contribution < 1.29 is 19.4 Å². The molecule has 2 rings (SSSR count). The van der Waals surface area contributed by atoms with Crippen LogP contribution in [-0.4, -0.2) is 42.5 Å². The number of carbonyl (C=O) groups excluding carboxylic acids is 1. The zero-order valence-electron chi connectivity index (χ0n) is 12.6. The molecule has 0 saturated carbocycles. The highest BCUT2D eigenvalue weighted by molar-refractivity contribution is 5.69. The maximum Gasteiger partial charge on any atom is 0.410 e. The van der Waals surface area contributed by atoms with E-state index in [1.807, 2.05) is 31.2 Å². The molecule has 0 spiro atoms. The first-order valence-corrected chi connectivity index (χ1v) is 7.37. The van der Waals surface area contributed by atoms with Gasteiger partial charge < -0.3 is 19.5 Å². The predicted octanol–water partition coefficient (Wildman–Crippen LogP) is 2.74. The van der Waals surface area contributed by atoms with E-state index < -0.39 is 0 Å². The molecule has 0 bridgehead atoms. The van der Waals surface area contributed by atoms with Crippen molar-refractivity contribution in [2.24, 2.45) is 0 Å². The highest BCUT2D eigenvalue weighted by atomic mass is 16.6. The largest absolute Gasteiger partial charge is 0.497 e. The van der Waals surface area contributed by atoms with Crippen LogP contribution in [0.2, 0.25) is 0 Å². The lowest BCUT2D eigenvalue weighted by Crippen LogP contribution is -2.43. The minimum Gasteiger partial charge on any atom is -0.497 e. The van der Waals surface area contributed by atoms with Crippen LogP contribution in [0.1, 0.15) is 37.8 Å². The molecule has 5 heteroatoms. The summed E-state index contributed by atoms with van der Waals surface area (Å²) in [6.45, 7) is 2.82. The Bertz CT molecular complexity index is 460. The molecule has 116 valence electrons. The molecule has 2 atom stereocenters. The van der Waals surface area contributed by atoms with E-state index in [0.29, 0.717) is 13.0 Å². The molecule has 1 saturated heterocycles. The molecule has 1 amide bonds. The van der Waals surface area contributed by atoms with E-state index in [4.69, 9.17) is 14.6 Å². The minimum absolute atomic E-state index is 0.0257. The van der Waals surface area contributed by atoms with Crippen LogP contribution in [0, 0.1) is 0 Å². The molecular formula is C16H23NO4. The van der Waals surface area contributed by atoms with Crippen molar-refractivity contribution in [3.8, 4) is 5.75 Å². The van der Waals surface area contributed by atoms with Gasteiger partial charge in [0.1, 0.15) is 11.9 Å². The summed E-state index contributed by atoms with van der Waals surface area (Å²) < 4.78 is 10.6. The van der Waals surface area contributed by atoms with Crippen LogP contribution in [0.4, 0.5) is 4.79 Å². The predicted molar refractivity (Wildman–Crippen MR) is 79.3 cm³/mol. The van der Waals surface area contributed by atoms with E-state index in [-0.39, 0.29) is 24.8 Å². The molecule has 0 aromatic heterocycles. The van der Waals surface area contributed by atoms with Gasteiger partial charge in [-0.3, -0.25) is 0 Å². The van der Waals surface area contributed by atoms with E-state index in [1.165, 1.54) is 0 Å². The van der Waals surface area contributed by atoms with Crippen LogP contribution < -0.4 is 4.74 Å². The first-order chi connectivity index (χ1) is 10.2. The standard InChI is InChI=1S/C16H23NO4/c1-12(13-5-7-14(20-2)8-6-13)17-10-9-15(4-3-11-18)21-16(17)19/h5-8,12,15,18H,3-4,9-11H2,1-2H3. The van der Waals surface area contributed by atoms with Crippen molar-refractivity contribution in [1.82, 2.24) is 4.90 Å². The maximum atomic E-state index is 12.1. The van der Waals surface area contributed by atoms with Gasteiger partial charge in [0.15, 0.2) is 0 Å². The summed E-state index contributed by atoms with van der Waals surface area (Å²) in [4.78, 5) is 13.9. The topological polar surface area (TPSA) is 59.0 Å². The third-order valence-electron chi connectivity index (χ3n) is 3.94. The average Bonchev–Trinajstić information content (AvgIpc) is 2.52. The van der Waals surface area contributed by atoms with Gasteiger partial charge in [-0.2, -0.15) is 0 Å². The minimum atomic E-state index is -0.271. The Labute approximate surface area is 125 Å². The number of cyclic esters (lactones) is 1. The second-order valence-electron chi connectivity index (χ2n) is 5.30. The van der Waals surface area contributed by atoms with Crippen molar-refractivity contribution in [2.75, 3.05) is 20.3 Å². The summed E-state index contributed by atoms with van der Waals surface area (Å²) in [5, 5.41) is 8.83. The number of aliphatic hydroxyl groups is 1. The fraction of sp³-hybridized carbons (Fsp3) is 0.562. The molecule has 0 aliphatic carbocycles. The molecule has 21 heavy (non-hydrogen) atoms. The average molecular weight is 293 g/mol. The maximum absolute atomic E-state index is 12.1. The van der Waals surface area contributed by atoms with E-state index in [2.05, 4.69) is 0 Å². The molecule has 1 fully saturated rings. The van der Waals surface area contributed by atoms with Gasteiger partial charge in [0.2, 0.25) is 0 Å². The quantitative estimate of drug-likeness (QED) is 0.876. The van der Waals surface area contributed by atoms with Crippen molar-refractivity contribution in [2.45, 2.75) is 38.3 Å². The Balaban J connectivity index is 1.96. The molecule has 5 nitrogen and oxygen atoms in total. The van der Waals surface area contributed by atoms with Gasteiger partial charge in [-0.25, -0.2) is 4.79 Å². The fourth-order valence-electron chi connectivity index (χ4n) is 2.58. The third kappa shape index (κ3) is 3.88. The summed E-state index contributed by atoms with van der Waals surface area (Å²) in [5.41, 5.74) is 1.06. The molecule has 1 heterocycles. The highest BCUT2D eigenvalue weighted by Crippen LogP contribution is 2.27. The third-order valence-corrected chi connectivity index (χ3v) is 3.94. The van der Waals surface area contributed by atoms with Crippen LogP contribution in [0.3, 0.4) is 0 Å². The van der Waals surface area contributed by atoms with Gasteiger partial charge in [0, 0.05) is 19.6 Å². The van der Waals surface area contributed by atoms with E-state index in [9.17, 15) is 4.79 Å². The summed E-state index contributed by atoms with van der Waals surface area (Å²) >= 11 is 0. The Morgan fingerprint density at radius 3 is 2.71 bits per heavy atom. The van der Waals surface area contributed by atoms with Gasteiger partial charge in [-0.05, 0) is 37.5 Å². The number of benzene rings is 1. The zero-order valence-corrected chi connectivity index (χ0v) is 12.6. The number of hydrogen-bond acceptors (Lipinski definition) is 4. The molecule has 1 aromatic carbocycles. The number of rotatable bonds is 6. The number of amides is 1. The smallest absolute Gasteiger partial charge is 0.410 e. The molecule has 2 unspecified atom stereocenters. The monoisotopic (exact) mass is 293 g/mol. The number of ether oxygens (including phenoxy) is 2. The molecular weight excluding hydrogens is 270 g/mol. The summed E-state index contributed by atoms with van der Waals surface area (Å²) in [6, 6.07) is 7.70. The van der Waals surface area contributed by atoms with Gasteiger partial charge in [-0.15, -0.1) is 0 Å². The molecule has 0 radical (unpaired) electrons.